The van der Waals surface area contributed by atoms with E-state index in [0.29, 0.717) is 13.0 Å². The molecule has 0 amide bonds. The van der Waals surface area contributed by atoms with Gasteiger partial charge < -0.3 is 4.74 Å². The number of rotatable bonds is 8. The van der Waals surface area contributed by atoms with Gasteiger partial charge in [-0.1, -0.05) is 26.2 Å². The van der Waals surface area contributed by atoms with E-state index >= 15 is 0 Å². The van der Waals surface area contributed by atoms with Gasteiger partial charge in [-0.2, -0.15) is 0 Å². The molecule has 12 heavy (non-hydrogen) atoms. The van der Waals surface area contributed by atoms with Gasteiger partial charge in [-0.15, -0.1) is 0 Å². The van der Waals surface area contributed by atoms with Crippen LogP contribution >= 0.6 is 0 Å². The van der Waals surface area contributed by atoms with Gasteiger partial charge in [0, 0.05) is 19.6 Å². The third-order valence-electron chi connectivity index (χ3n) is 1.70. The van der Waals surface area contributed by atoms with Gasteiger partial charge >= 0.3 is 0 Å². The largest absolute Gasteiger partial charge is 0.381 e. The zero-order valence-electron chi connectivity index (χ0n) is 8.02. The fourth-order valence-corrected chi connectivity index (χ4v) is 0.905. The molecular weight excluding hydrogens is 155 g/mol. The second-order valence-electron chi connectivity index (χ2n) is 3.10. The summed E-state index contributed by atoms with van der Waals surface area (Å²) in [5.41, 5.74) is 0. The second-order valence-corrected chi connectivity index (χ2v) is 3.10. The molecule has 0 spiro atoms. The first-order valence-electron chi connectivity index (χ1n) is 4.78. The Morgan fingerprint density at radius 3 is 2.58 bits per heavy atom. The van der Waals surface area contributed by atoms with Crippen molar-refractivity contribution in [2.45, 2.75) is 45.2 Å². The van der Waals surface area contributed by atoms with Crippen LogP contribution in [0.2, 0.25) is 0 Å². The molecule has 0 aromatic rings. The van der Waals surface area contributed by atoms with Crippen LogP contribution in [-0.2, 0) is 4.74 Å². The normalized spacial score (nSPS) is 13.2. The Labute approximate surface area is 75.3 Å². The Balaban J connectivity index is 2.82. The Kier molecular flexibility index (Phi) is 8.90. The maximum Gasteiger partial charge on any atom is 0.0995 e. The Morgan fingerprint density at radius 1 is 1.25 bits per heavy atom. The lowest BCUT2D eigenvalue weighted by molar-refractivity contribution is 0.111. The molecule has 73 valence electrons. The lowest BCUT2D eigenvalue weighted by Crippen LogP contribution is -2.02. The highest BCUT2D eigenvalue weighted by Crippen LogP contribution is 2.00. The summed E-state index contributed by atoms with van der Waals surface area (Å²) in [6, 6.07) is 0. The Morgan fingerprint density at radius 2 is 2.00 bits per heavy atom. The van der Waals surface area contributed by atoms with Crippen molar-refractivity contribution in [1.82, 2.24) is 0 Å². The van der Waals surface area contributed by atoms with Crippen LogP contribution in [0, 0.1) is 6.92 Å². The van der Waals surface area contributed by atoms with E-state index in [9.17, 15) is 4.39 Å². The number of halogens is 1. The average molecular weight is 175 g/mol. The van der Waals surface area contributed by atoms with Crippen LogP contribution in [0.5, 0.6) is 0 Å². The summed E-state index contributed by atoms with van der Waals surface area (Å²) in [7, 11) is 0. The number of alkyl halides is 1. The molecule has 0 saturated heterocycles. The van der Waals surface area contributed by atoms with E-state index in [-0.39, 0.29) is 0 Å². The van der Waals surface area contributed by atoms with Crippen LogP contribution in [-0.4, -0.2) is 19.4 Å². The lowest BCUT2D eigenvalue weighted by Gasteiger charge is -2.03. The number of hydrogen-bond acceptors (Lipinski definition) is 1. The number of hydrogen-bond donors (Lipinski definition) is 0. The minimum absolute atomic E-state index is 0.523. The van der Waals surface area contributed by atoms with Crippen molar-refractivity contribution in [3.63, 3.8) is 0 Å². The molecule has 0 aromatic carbocycles. The summed E-state index contributed by atoms with van der Waals surface area (Å²) in [5, 5.41) is 0. The molecule has 0 saturated carbocycles. The highest BCUT2D eigenvalue weighted by Gasteiger charge is 1.96. The molecule has 0 aliphatic carbocycles. The highest BCUT2D eigenvalue weighted by molar-refractivity contribution is 4.46. The first-order valence-corrected chi connectivity index (χ1v) is 4.78. The zero-order valence-corrected chi connectivity index (χ0v) is 8.02. The van der Waals surface area contributed by atoms with E-state index in [1.165, 1.54) is 12.8 Å². The quantitative estimate of drug-likeness (QED) is 0.515. The molecule has 1 unspecified atom stereocenters. The van der Waals surface area contributed by atoms with Crippen LogP contribution in [0.3, 0.4) is 0 Å². The molecule has 0 aromatic heterocycles. The third kappa shape index (κ3) is 9.89. The predicted molar refractivity (Wildman–Crippen MR) is 49.8 cm³/mol. The summed E-state index contributed by atoms with van der Waals surface area (Å²) in [5.74, 6) is 0. The molecule has 2 heteroatoms. The van der Waals surface area contributed by atoms with E-state index in [4.69, 9.17) is 4.74 Å². The molecular formula is C10H20FO. The summed E-state index contributed by atoms with van der Waals surface area (Å²) in [4.78, 5) is 0. The van der Waals surface area contributed by atoms with Crippen LogP contribution in [0.25, 0.3) is 0 Å². The Bertz CT molecular complexity index is 83.9. The third-order valence-corrected chi connectivity index (χ3v) is 1.70. The van der Waals surface area contributed by atoms with Gasteiger partial charge in [-0.3, -0.25) is 0 Å². The zero-order chi connectivity index (χ0) is 9.23. The van der Waals surface area contributed by atoms with E-state index in [1.807, 2.05) is 0 Å². The maximum atomic E-state index is 12.2. The monoisotopic (exact) mass is 175 g/mol. The van der Waals surface area contributed by atoms with Crippen molar-refractivity contribution in [2.24, 2.45) is 0 Å². The van der Waals surface area contributed by atoms with Crippen LogP contribution < -0.4 is 0 Å². The average Bonchev–Trinajstić information content (AvgIpc) is 2.02. The Hall–Kier alpha value is -0.110. The lowest BCUT2D eigenvalue weighted by atomic mass is 10.2. The fourth-order valence-electron chi connectivity index (χ4n) is 0.905. The molecule has 1 atom stereocenters. The highest BCUT2D eigenvalue weighted by atomic mass is 19.1. The minimum atomic E-state index is -0.732. The summed E-state index contributed by atoms with van der Waals surface area (Å²) < 4.78 is 17.5. The molecule has 1 nitrogen and oxygen atoms in total. The van der Waals surface area contributed by atoms with E-state index < -0.39 is 6.17 Å². The summed E-state index contributed by atoms with van der Waals surface area (Å²) in [6.07, 6.45) is 4.22. The number of ether oxygens (including phenoxy) is 1. The van der Waals surface area contributed by atoms with E-state index in [1.54, 1.807) is 6.92 Å². The van der Waals surface area contributed by atoms with E-state index in [2.05, 4.69) is 6.92 Å². The van der Waals surface area contributed by atoms with Gasteiger partial charge in [0.05, 0.1) is 6.17 Å². The molecule has 0 heterocycles. The first-order chi connectivity index (χ1) is 5.77. The topological polar surface area (TPSA) is 9.23 Å². The SMILES string of the molecule is [CH2]CCCCCOCCC(C)F. The van der Waals surface area contributed by atoms with Gasteiger partial charge in [0.15, 0.2) is 0 Å². The van der Waals surface area contributed by atoms with Crippen molar-refractivity contribution in [3.8, 4) is 0 Å². The first kappa shape index (κ1) is 11.9. The van der Waals surface area contributed by atoms with Gasteiger partial charge in [-0.25, -0.2) is 4.39 Å². The smallest absolute Gasteiger partial charge is 0.0995 e. The summed E-state index contributed by atoms with van der Waals surface area (Å²) in [6.45, 7) is 6.64. The molecule has 0 fully saturated rings. The van der Waals surface area contributed by atoms with Gasteiger partial charge in [-0.05, 0) is 13.3 Å². The molecule has 0 aliphatic rings. The summed E-state index contributed by atoms with van der Waals surface area (Å²) >= 11 is 0. The standard InChI is InChI=1S/C10H20FO/c1-3-4-5-6-8-12-9-7-10(2)11/h10H,1,3-9H2,2H3. The number of unbranched alkanes of at least 4 members (excludes halogenated alkanes) is 3. The van der Waals surface area contributed by atoms with E-state index in [0.717, 1.165) is 19.4 Å². The maximum absolute atomic E-state index is 12.2. The minimum Gasteiger partial charge on any atom is -0.381 e. The van der Waals surface area contributed by atoms with Crippen LogP contribution in [0.15, 0.2) is 0 Å². The van der Waals surface area contributed by atoms with Crippen molar-refractivity contribution in [1.29, 1.82) is 0 Å². The molecule has 0 aliphatic heterocycles. The van der Waals surface area contributed by atoms with Crippen molar-refractivity contribution in [2.75, 3.05) is 13.2 Å². The van der Waals surface area contributed by atoms with Gasteiger partial charge in [0.2, 0.25) is 0 Å². The predicted octanol–water partition coefficient (Wildman–Crippen LogP) is 3.15. The van der Waals surface area contributed by atoms with Crippen molar-refractivity contribution in [3.05, 3.63) is 6.92 Å². The second kappa shape index (κ2) is 8.98. The molecule has 0 N–H and O–H groups in total. The van der Waals surface area contributed by atoms with Crippen molar-refractivity contribution < 1.29 is 9.13 Å². The fraction of sp³-hybridized carbons (Fsp3) is 0.900. The molecule has 0 rings (SSSR count). The van der Waals surface area contributed by atoms with Gasteiger partial charge in [0.1, 0.15) is 0 Å². The molecule has 1 radical (unpaired) electrons. The van der Waals surface area contributed by atoms with Crippen molar-refractivity contribution >= 4 is 0 Å². The molecule has 0 bridgehead atoms. The van der Waals surface area contributed by atoms with Gasteiger partial charge in [0.25, 0.3) is 0 Å². The van der Waals surface area contributed by atoms with Crippen LogP contribution in [0.4, 0.5) is 4.39 Å². The van der Waals surface area contributed by atoms with Crippen LogP contribution in [0.1, 0.15) is 39.0 Å².